The molecule has 0 saturated heterocycles. The van der Waals surface area contributed by atoms with Gasteiger partial charge in [0, 0.05) is 10.7 Å². The lowest BCUT2D eigenvalue weighted by Gasteiger charge is -2.07. The van der Waals surface area contributed by atoms with Gasteiger partial charge in [-0.1, -0.05) is 29.8 Å². The van der Waals surface area contributed by atoms with E-state index in [4.69, 9.17) is 23.8 Å². The summed E-state index contributed by atoms with van der Waals surface area (Å²) in [5.41, 5.74) is 1.62. The highest BCUT2D eigenvalue weighted by Gasteiger charge is 2.06. The lowest BCUT2D eigenvalue weighted by atomic mass is 10.2. The Balaban J connectivity index is 1.60. The molecule has 0 aliphatic rings. The van der Waals surface area contributed by atoms with E-state index in [1.807, 2.05) is 24.3 Å². The third-order valence-corrected chi connectivity index (χ3v) is 3.73. The van der Waals surface area contributed by atoms with Gasteiger partial charge < -0.3 is 5.32 Å². The molecule has 0 spiro atoms. The fourth-order valence-electron chi connectivity index (χ4n) is 2.03. The summed E-state index contributed by atoms with van der Waals surface area (Å²) in [5, 5.41) is 11.1. The van der Waals surface area contributed by atoms with Gasteiger partial charge in [-0.05, 0) is 48.1 Å². The topological polar surface area (TPSA) is 54.8 Å². The van der Waals surface area contributed by atoms with Crippen LogP contribution in [0.15, 0.2) is 54.9 Å². The number of benzene rings is 2. The van der Waals surface area contributed by atoms with Crippen molar-refractivity contribution in [2.75, 3.05) is 10.6 Å². The van der Waals surface area contributed by atoms with Gasteiger partial charge in [0.15, 0.2) is 5.11 Å². The van der Waals surface area contributed by atoms with E-state index in [0.29, 0.717) is 28.3 Å². The van der Waals surface area contributed by atoms with Crippen LogP contribution in [0.25, 0.3) is 0 Å². The highest BCUT2D eigenvalue weighted by molar-refractivity contribution is 7.80. The second-order valence-electron chi connectivity index (χ2n) is 4.94. The number of nitrogens with zero attached hydrogens (tertiary/aromatic N) is 3. The molecule has 5 nitrogen and oxygen atoms in total. The average molecular weight is 362 g/mol. The van der Waals surface area contributed by atoms with Gasteiger partial charge in [-0.2, -0.15) is 0 Å². The first-order valence-corrected chi connectivity index (χ1v) is 7.85. The van der Waals surface area contributed by atoms with Crippen LogP contribution in [0.3, 0.4) is 0 Å². The molecule has 0 aliphatic carbocycles. The maximum Gasteiger partial charge on any atom is 0.248 e. The van der Waals surface area contributed by atoms with E-state index in [-0.39, 0.29) is 5.82 Å². The molecule has 3 aromatic rings. The van der Waals surface area contributed by atoms with E-state index in [2.05, 4.69) is 20.7 Å². The molecule has 0 bridgehead atoms. The van der Waals surface area contributed by atoms with Gasteiger partial charge >= 0.3 is 0 Å². The van der Waals surface area contributed by atoms with Gasteiger partial charge in [0.25, 0.3) is 0 Å². The Morgan fingerprint density at radius 3 is 2.62 bits per heavy atom. The van der Waals surface area contributed by atoms with Gasteiger partial charge in [0.05, 0.1) is 6.54 Å². The van der Waals surface area contributed by atoms with Crippen molar-refractivity contribution in [3.63, 3.8) is 0 Å². The summed E-state index contributed by atoms with van der Waals surface area (Å²) in [5.74, 6) is 0.0566. The number of anilines is 2. The van der Waals surface area contributed by atoms with E-state index in [1.165, 1.54) is 12.1 Å². The molecule has 0 aliphatic heterocycles. The van der Waals surface area contributed by atoms with Crippen LogP contribution in [-0.4, -0.2) is 19.9 Å². The Morgan fingerprint density at radius 1 is 1.12 bits per heavy atom. The van der Waals surface area contributed by atoms with Crippen LogP contribution in [0.4, 0.5) is 16.0 Å². The van der Waals surface area contributed by atoms with E-state index in [9.17, 15) is 4.39 Å². The monoisotopic (exact) mass is 361 g/mol. The van der Waals surface area contributed by atoms with Crippen LogP contribution < -0.4 is 10.6 Å². The van der Waals surface area contributed by atoms with Crippen molar-refractivity contribution in [1.29, 1.82) is 0 Å². The molecule has 8 heteroatoms. The van der Waals surface area contributed by atoms with Crippen molar-refractivity contribution >= 4 is 40.6 Å². The fourth-order valence-corrected chi connectivity index (χ4v) is 2.43. The van der Waals surface area contributed by atoms with Gasteiger partial charge in [-0.25, -0.2) is 14.1 Å². The van der Waals surface area contributed by atoms with Crippen LogP contribution in [0.5, 0.6) is 0 Å². The van der Waals surface area contributed by atoms with E-state index >= 15 is 0 Å². The summed E-state index contributed by atoms with van der Waals surface area (Å²) in [4.78, 5) is 4.15. The first-order chi connectivity index (χ1) is 11.6. The lowest BCUT2D eigenvalue weighted by molar-refractivity contribution is 0.628. The summed E-state index contributed by atoms with van der Waals surface area (Å²) in [6.45, 7) is 0.506. The van der Waals surface area contributed by atoms with Gasteiger partial charge in [0.2, 0.25) is 5.95 Å². The molecule has 0 radical (unpaired) electrons. The molecule has 0 saturated carbocycles. The third-order valence-electron chi connectivity index (χ3n) is 3.15. The Morgan fingerprint density at radius 2 is 1.88 bits per heavy atom. The highest BCUT2D eigenvalue weighted by Crippen LogP contribution is 2.16. The maximum absolute atomic E-state index is 12.9. The minimum atomic E-state index is -0.306. The zero-order valence-corrected chi connectivity index (χ0v) is 14.0. The largest absolute Gasteiger partial charge is 0.332 e. The van der Waals surface area contributed by atoms with E-state index in [1.54, 1.807) is 23.1 Å². The van der Waals surface area contributed by atoms with E-state index in [0.717, 1.165) is 5.56 Å². The fraction of sp³-hybridized carbons (Fsp3) is 0.0625. The van der Waals surface area contributed by atoms with Crippen molar-refractivity contribution in [3.8, 4) is 0 Å². The van der Waals surface area contributed by atoms with Crippen LogP contribution in [0, 0.1) is 5.82 Å². The molecule has 24 heavy (non-hydrogen) atoms. The minimum Gasteiger partial charge on any atom is -0.332 e. The Bertz CT molecular complexity index is 850. The molecule has 0 fully saturated rings. The molecule has 1 heterocycles. The highest BCUT2D eigenvalue weighted by atomic mass is 35.5. The van der Waals surface area contributed by atoms with Gasteiger partial charge in [-0.15, -0.1) is 5.10 Å². The van der Waals surface area contributed by atoms with Crippen LogP contribution >= 0.6 is 23.8 Å². The quantitative estimate of drug-likeness (QED) is 0.690. The third kappa shape index (κ3) is 4.27. The normalized spacial score (nSPS) is 10.4. The average Bonchev–Trinajstić information content (AvgIpc) is 2.99. The van der Waals surface area contributed by atoms with Gasteiger partial charge in [-0.3, -0.25) is 5.32 Å². The van der Waals surface area contributed by atoms with Crippen LogP contribution in [0.2, 0.25) is 5.02 Å². The molecule has 3 rings (SSSR count). The predicted octanol–water partition coefficient (Wildman–Crippen LogP) is 3.93. The molecule has 0 unspecified atom stereocenters. The number of rotatable bonds is 4. The molecule has 2 N–H and O–H groups in total. The lowest BCUT2D eigenvalue weighted by Crippen LogP contribution is -2.20. The standard InChI is InChI=1S/C16H13ClFN5S/c17-14-4-2-1-3-11(14)9-23-10-19-15(22-23)21-16(24)20-13-7-5-12(18)6-8-13/h1-8,10H,9H2,(H2,20,21,22,24). The molecular weight excluding hydrogens is 349 g/mol. The maximum atomic E-state index is 12.9. The van der Waals surface area contributed by atoms with Crippen molar-refractivity contribution in [2.24, 2.45) is 0 Å². The number of halogens is 2. The summed E-state index contributed by atoms with van der Waals surface area (Å²) >= 11 is 11.3. The van der Waals surface area contributed by atoms with Crippen molar-refractivity contribution < 1.29 is 4.39 Å². The second-order valence-corrected chi connectivity index (χ2v) is 5.76. The summed E-state index contributed by atoms with van der Waals surface area (Å²) < 4.78 is 14.5. The van der Waals surface area contributed by atoms with Crippen LogP contribution in [-0.2, 0) is 6.54 Å². The van der Waals surface area contributed by atoms with Gasteiger partial charge in [0.1, 0.15) is 12.1 Å². The van der Waals surface area contributed by atoms with Crippen molar-refractivity contribution in [2.45, 2.75) is 6.54 Å². The summed E-state index contributed by atoms with van der Waals surface area (Å²) in [7, 11) is 0. The Labute approximate surface area is 148 Å². The predicted molar refractivity (Wildman–Crippen MR) is 96.8 cm³/mol. The molecule has 122 valence electrons. The summed E-state index contributed by atoms with van der Waals surface area (Å²) in [6, 6.07) is 13.4. The molecule has 1 aromatic heterocycles. The number of hydrogen-bond donors (Lipinski definition) is 2. The zero-order valence-electron chi connectivity index (χ0n) is 12.4. The second kappa shape index (κ2) is 7.37. The first-order valence-electron chi connectivity index (χ1n) is 7.06. The summed E-state index contributed by atoms with van der Waals surface area (Å²) in [6.07, 6.45) is 1.59. The van der Waals surface area contributed by atoms with Crippen molar-refractivity contribution in [3.05, 3.63) is 71.3 Å². The molecule has 2 aromatic carbocycles. The van der Waals surface area contributed by atoms with Crippen molar-refractivity contribution in [1.82, 2.24) is 14.8 Å². The molecular formula is C16H13ClFN5S. The number of thiocarbonyl (C=S) groups is 1. The smallest absolute Gasteiger partial charge is 0.248 e. The Kier molecular flexibility index (Phi) is 5.02. The molecule has 0 atom stereocenters. The number of aromatic nitrogens is 3. The number of nitrogens with one attached hydrogen (secondary N) is 2. The zero-order chi connectivity index (χ0) is 16.9. The molecule has 0 amide bonds. The van der Waals surface area contributed by atoms with Crippen LogP contribution in [0.1, 0.15) is 5.56 Å². The SMILES string of the molecule is Fc1ccc(NC(=S)Nc2ncn(Cc3ccccc3Cl)n2)cc1. The first kappa shape index (κ1) is 16.4. The van der Waals surface area contributed by atoms with E-state index < -0.39 is 0 Å². The Hall–Kier alpha value is -2.51. The number of hydrogen-bond acceptors (Lipinski definition) is 3. The minimum absolute atomic E-state index is 0.306.